The normalized spacial score (nSPS) is 14.0. The Morgan fingerprint density at radius 1 is 0.463 bits per heavy atom. The Kier molecular flexibility index (Phi) is 57.7. The van der Waals surface area contributed by atoms with E-state index in [4.69, 9.17) is 13.8 Å². The number of likely N-dealkylation sites (N-methyl/N-ethyl adjacent to an activating group) is 1. The third-order valence-electron chi connectivity index (χ3n) is 14.9. The molecule has 1 amide bonds. The number of carbonyl (C=O) groups is 2. The van der Waals surface area contributed by atoms with Gasteiger partial charge in [0.2, 0.25) is 5.91 Å². The van der Waals surface area contributed by atoms with Crippen molar-refractivity contribution in [3.8, 4) is 0 Å². The second kappa shape index (κ2) is 59.6. The zero-order valence-corrected chi connectivity index (χ0v) is 54.2. The van der Waals surface area contributed by atoms with Gasteiger partial charge >= 0.3 is 5.97 Å². The van der Waals surface area contributed by atoms with Gasteiger partial charge in [0, 0.05) is 12.8 Å². The van der Waals surface area contributed by atoms with E-state index in [0.29, 0.717) is 17.4 Å². The molecule has 0 aliphatic heterocycles. The molecule has 0 aromatic carbocycles. The molecule has 1 N–H and O–H groups in total. The number of phosphoric ester groups is 1. The van der Waals surface area contributed by atoms with Crippen LogP contribution in [0.2, 0.25) is 0 Å². The number of quaternary nitrogens is 1. The third kappa shape index (κ3) is 60.1. The highest BCUT2D eigenvalue weighted by molar-refractivity contribution is 7.45. The van der Waals surface area contributed by atoms with Crippen molar-refractivity contribution in [2.45, 2.75) is 322 Å². The molecule has 3 unspecified atom stereocenters. The fourth-order valence-electron chi connectivity index (χ4n) is 9.73. The highest BCUT2D eigenvalue weighted by Gasteiger charge is 2.27. The first kappa shape index (κ1) is 77.5. The summed E-state index contributed by atoms with van der Waals surface area (Å²) >= 11 is 0. The van der Waals surface area contributed by atoms with Gasteiger partial charge in [-0.15, -0.1) is 0 Å². The monoisotopic (exact) mass is 1140 g/mol. The number of ether oxygens (including phenoxy) is 1. The van der Waals surface area contributed by atoms with Crippen molar-refractivity contribution in [1.82, 2.24) is 5.32 Å². The van der Waals surface area contributed by atoms with E-state index in [1.807, 2.05) is 33.3 Å². The summed E-state index contributed by atoms with van der Waals surface area (Å²) in [6.07, 6.45) is 77.4. The molecule has 0 spiro atoms. The number of nitrogens with one attached hydrogen (secondary N) is 1. The van der Waals surface area contributed by atoms with Gasteiger partial charge in [-0.25, -0.2) is 0 Å². The number of hydrogen-bond donors (Lipinski definition) is 1. The number of carbonyl (C=O) groups excluding carboxylic acids is 2. The van der Waals surface area contributed by atoms with Crippen molar-refractivity contribution in [2.24, 2.45) is 0 Å². The van der Waals surface area contributed by atoms with Crippen LogP contribution in [0, 0.1) is 0 Å². The molecule has 0 saturated carbocycles. The maximum absolute atomic E-state index is 13.6. The number of esters is 1. The minimum absolute atomic E-state index is 0.0254. The van der Waals surface area contributed by atoms with Crippen LogP contribution in [-0.4, -0.2) is 69.4 Å². The summed E-state index contributed by atoms with van der Waals surface area (Å²) in [4.78, 5) is 40.1. The number of hydrogen-bond acceptors (Lipinski definition) is 7. The quantitative estimate of drug-likeness (QED) is 0.0161. The van der Waals surface area contributed by atoms with Crippen LogP contribution in [-0.2, 0) is 27.9 Å². The molecule has 0 bridgehead atoms. The van der Waals surface area contributed by atoms with E-state index in [0.717, 1.165) is 83.5 Å². The summed E-state index contributed by atoms with van der Waals surface area (Å²) in [5, 5.41) is 3.04. The molecule has 0 fully saturated rings. The number of unbranched alkanes of at least 4 members (excludes halogenated alkanes) is 37. The predicted octanol–water partition coefficient (Wildman–Crippen LogP) is 20.5. The topological polar surface area (TPSA) is 114 Å². The standard InChI is InChI=1S/C70H129N2O7P/c1-7-10-13-16-19-22-25-28-30-31-32-33-34-35-36-37-38-39-40-41-43-44-47-50-53-56-59-62-69(73)71-67(66-78-80(75,76)77-65-64-72(4,5)6)68(61-58-55-52-49-46-27-24-21-18-15-12-9-3)79-70(74)63-60-57-54-51-48-45-42-29-26-23-20-17-14-11-8-2/h11,14,17,19-20,22-23,26,28,30,58,61,67-68H,7-10,12-13,15-16,18,21,24-25,27,29,31-57,59-60,62-66H2,1-6H3,(H-,71,73,75,76)/b14-11+,20-17+,22-19-,26-23+,30-28-,61-58-. The van der Waals surface area contributed by atoms with Crippen LogP contribution in [0.4, 0.5) is 0 Å². The third-order valence-corrected chi connectivity index (χ3v) is 15.9. The summed E-state index contributed by atoms with van der Waals surface area (Å²) in [6, 6.07) is -0.895. The lowest BCUT2D eigenvalue weighted by atomic mass is 10.0. The van der Waals surface area contributed by atoms with Crippen LogP contribution in [0.15, 0.2) is 72.9 Å². The molecular formula is C70H129N2O7P. The minimum atomic E-state index is -4.70. The Morgan fingerprint density at radius 2 is 0.850 bits per heavy atom. The van der Waals surface area contributed by atoms with Gasteiger partial charge in [0.25, 0.3) is 7.82 Å². The molecule has 0 aromatic rings. The van der Waals surface area contributed by atoms with Crippen molar-refractivity contribution >= 4 is 19.7 Å². The predicted molar refractivity (Wildman–Crippen MR) is 344 cm³/mol. The number of phosphoric acid groups is 1. The first-order valence-corrected chi connectivity index (χ1v) is 35.2. The van der Waals surface area contributed by atoms with Gasteiger partial charge in [0.15, 0.2) is 0 Å². The van der Waals surface area contributed by atoms with E-state index in [2.05, 4.69) is 86.8 Å². The molecule has 0 aliphatic rings. The summed E-state index contributed by atoms with van der Waals surface area (Å²) in [6.45, 7) is 6.70. The maximum atomic E-state index is 13.6. The van der Waals surface area contributed by atoms with Gasteiger partial charge < -0.3 is 28.5 Å². The lowest BCUT2D eigenvalue weighted by Crippen LogP contribution is -2.47. The van der Waals surface area contributed by atoms with Crippen LogP contribution >= 0.6 is 7.82 Å². The van der Waals surface area contributed by atoms with Crippen molar-refractivity contribution in [2.75, 3.05) is 40.9 Å². The number of amides is 1. The second-order valence-electron chi connectivity index (χ2n) is 24.0. The molecule has 3 atom stereocenters. The Bertz CT molecular complexity index is 1600. The summed E-state index contributed by atoms with van der Waals surface area (Å²) in [5.41, 5.74) is 0. The number of rotatable bonds is 61. The molecule has 0 heterocycles. The molecule has 0 radical (unpaired) electrons. The molecule has 0 aliphatic carbocycles. The smallest absolute Gasteiger partial charge is 0.306 e. The van der Waals surface area contributed by atoms with Crippen LogP contribution in [0.25, 0.3) is 0 Å². The Labute approximate surface area is 495 Å². The van der Waals surface area contributed by atoms with Crippen LogP contribution in [0.1, 0.15) is 310 Å². The fraction of sp³-hybridized carbons (Fsp3) is 0.800. The largest absolute Gasteiger partial charge is 0.756 e. The van der Waals surface area contributed by atoms with Gasteiger partial charge in [0.1, 0.15) is 19.3 Å². The van der Waals surface area contributed by atoms with Gasteiger partial charge in [0.05, 0.1) is 33.8 Å². The zero-order valence-electron chi connectivity index (χ0n) is 53.3. The fourth-order valence-corrected chi connectivity index (χ4v) is 10.5. The van der Waals surface area contributed by atoms with Crippen molar-refractivity contribution < 1.29 is 37.3 Å². The average molecular weight is 1140 g/mol. The Hall–Kier alpha value is -2.55. The van der Waals surface area contributed by atoms with Crippen LogP contribution in [0.3, 0.4) is 0 Å². The highest BCUT2D eigenvalue weighted by atomic mass is 31.2. The SMILES string of the molecule is CC/C=C/C=C/C=C/CCCCCCCCCC(=O)OC(/C=C\CCCCCCCCCCCC)C(COP(=O)([O-])OCC[N+](C)(C)C)NC(=O)CCCCCCCCCCCCCCCCCCC/C=C\C/C=C\CCCCC. The van der Waals surface area contributed by atoms with Crippen molar-refractivity contribution in [1.29, 1.82) is 0 Å². The molecule has 0 saturated heterocycles. The van der Waals surface area contributed by atoms with E-state index in [1.54, 1.807) is 0 Å². The van der Waals surface area contributed by atoms with Crippen molar-refractivity contribution in [3.63, 3.8) is 0 Å². The van der Waals surface area contributed by atoms with E-state index in [9.17, 15) is 19.0 Å². The first-order valence-electron chi connectivity index (χ1n) is 33.8. The van der Waals surface area contributed by atoms with Crippen molar-refractivity contribution in [3.05, 3.63) is 72.9 Å². The van der Waals surface area contributed by atoms with Gasteiger partial charge in [-0.3, -0.25) is 14.2 Å². The molecule has 466 valence electrons. The highest BCUT2D eigenvalue weighted by Crippen LogP contribution is 2.38. The summed E-state index contributed by atoms with van der Waals surface area (Å²) < 4.78 is 30.4. The maximum Gasteiger partial charge on any atom is 0.306 e. The Balaban J connectivity index is 5.01. The van der Waals surface area contributed by atoms with Gasteiger partial charge in [-0.05, 0) is 83.1 Å². The number of nitrogens with zero attached hydrogens (tertiary/aromatic N) is 1. The molecule has 9 nitrogen and oxygen atoms in total. The van der Waals surface area contributed by atoms with Crippen LogP contribution in [0.5, 0.6) is 0 Å². The first-order chi connectivity index (χ1) is 38.9. The van der Waals surface area contributed by atoms with E-state index < -0.39 is 26.6 Å². The van der Waals surface area contributed by atoms with E-state index in [1.165, 1.54) is 193 Å². The van der Waals surface area contributed by atoms with E-state index in [-0.39, 0.29) is 24.9 Å². The lowest BCUT2D eigenvalue weighted by molar-refractivity contribution is -0.870. The van der Waals surface area contributed by atoms with Gasteiger partial charge in [-0.2, -0.15) is 0 Å². The minimum Gasteiger partial charge on any atom is -0.756 e. The molecule has 80 heavy (non-hydrogen) atoms. The lowest BCUT2D eigenvalue weighted by Gasteiger charge is -2.30. The Morgan fingerprint density at radius 3 is 1.31 bits per heavy atom. The molecular weight excluding hydrogens is 1010 g/mol. The summed E-state index contributed by atoms with van der Waals surface area (Å²) in [5.74, 6) is -0.547. The zero-order chi connectivity index (χ0) is 58.6. The summed E-state index contributed by atoms with van der Waals surface area (Å²) in [7, 11) is 1.18. The van der Waals surface area contributed by atoms with E-state index >= 15 is 0 Å². The van der Waals surface area contributed by atoms with Gasteiger partial charge in [-0.1, -0.05) is 287 Å². The molecule has 10 heteroatoms. The number of allylic oxidation sites excluding steroid dienone is 11. The second-order valence-corrected chi connectivity index (χ2v) is 25.4. The molecule has 0 rings (SSSR count). The molecule has 0 aromatic heterocycles. The average Bonchev–Trinajstić information content (AvgIpc) is 3.43. The van der Waals surface area contributed by atoms with Crippen LogP contribution < -0.4 is 10.2 Å².